The Bertz CT molecular complexity index is 315. The molecule has 52 valence electrons. The van der Waals surface area contributed by atoms with Gasteiger partial charge in [0.1, 0.15) is 12.9 Å². The van der Waals surface area contributed by atoms with Gasteiger partial charge in [0.25, 0.3) is 0 Å². The Kier molecular flexibility index (Phi) is 1.54. The Labute approximate surface area is 57.1 Å². The number of hydrogen-bond acceptors (Lipinski definition) is 3. The molecule has 1 aromatic heterocycles. The van der Waals surface area contributed by atoms with Gasteiger partial charge in [-0.2, -0.15) is 10.2 Å². The number of nitriles is 1. The van der Waals surface area contributed by atoms with Crippen molar-refractivity contribution in [2.24, 2.45) is 7.05 Å². The van der Waals surface area contributed by atoms with Crippen molar-refractivity contribution in [1.29, 1.82) is 5.26 Å². The molecule has 0 aromatic carbocycles. The van der Waals surface area contributed by atoms with Crippen LogP contribution in [-0.4, -0.2) is 14.3 Å². The van der Waals surface area contributed by atoms with E-state index < -0.39 is 0 Å². The van der Waals surface area contributed by atoms with E-state index in [0.717, 1.165) is 0 Å². The molecule has 0 fully saturated rings. The fourth-order valence-electron chi connectivity index (χ4n) is 0.643. The third-order valence-electron chi connectivity index (χ3n) is 1.16. The average molecular weight is 138 g/mol. The van der Waals surface area contributed by atoms with Crippen LogP contribution in [0.5, 0.6) is 0 Å². The molecule has 0 saturated heterocycles. The molecule has 1 heterocycles. The van der Waals surface area contributed by atoms with Gasteiger partial charge in [0.2, 0.25) is 0 Å². The molecule has 0 aliphatic carbocycles. The predicted molar refractivity (Wildman–Crippen MR) is 33.1 cm³/mol. The summed E-state index contributed by atoms with van der Waals surface area (Å²) in [6, 6.07) is 1.85. The molecule has 0 amide bonds. The van der Waals surface area contributed by atoms with Gasteiger partial charge in [-0.25, -0.2) is 9.48 Å². The molecule has 0 atom stereocenters. The van der Waals surface area contributed by atoms with Crippen molar-refractivity contribution in [3.63, 3.8) is 0 Å². The van der Waals surface area contributed by atoms with Gasteiger partial charge in [-0.15, -0.1) is 0 Å². The molecule has 10 heavy (non-hydrogen) atoms. The van der Waals surface area contributed by atoms with E-state index in [2.05, 4.69) is 4.98 Å². The van der Waals surface area contributed by atoms with Gasteiger partial charge in [0.05, 0.1) is 6.07 Å². The number of aromatic nitrogens is 3. The summed E-state index contributed by atoms with van der Waals surface area (Å²) >= 11 is 0. The van der Waals surface area contributed by atoms with Crippen molar-refractivity contribution >= 4 is 0 Å². The summed E-state index contributed by atoms with van der Waals surface area (Å²) < 4.78 is 2.71. The normalized spacial score (nSPS) is 9.20. The zero-order valence-electron chi connectivity index (χ0n) is 5.48. The van der Waals surface area contributed by atoms with E-state index in [1.165, 1.54) is 15.7 Å². The van der Waals surface area contributed by atoms with Crippen LogP contribution in [0.2, 0.25) is 0 Å². The largest absolute Gasteiger partial charge is 0.364 e. The molecule has 5 heteroatoms. The number of nitrogens with zero attached hydrogens (tertiary/aromatic N) is 4. The van der Waals surface area contributed by atoms with Gasteiger partial charge in [-0.1, -0.05) is 0 Å². The van der Waals surface area contributed by atoms with E-state index in [-0.39, 0.29) is 12.2 Å². The molecule has 5 nitrogen and oxygen atoms in total. The van der Waals surface area contributed by atoms with Crippen LogP contribution in [0.4, 0.5) is 0 Å². The Morgan fingerprint density at radius 1 is 1.90 bits per heavy atom. The van der Waals surface area contributed by atoms with Crippen molar-refractivity contribution in [2.45, 2.75) is 6.54 Å². The van der Waals surface area contributed by atoms with Crippen molar-refractivity contribution in [3.8, 4) is 6.07 Å². The summed E-state index contributed by atoms with van der Waals surface area (Å²) in [4.78, 5) is 14.2. The SMILES string of the molecule is Cn1cnc(=O)n1CC#N. The first-order chi connectivity index (χ1) is 4.75. The second-order valence-electron chi connectivity index (χ2n) is 1.82. The lowest BCUT2D eigenvalue weighted by Gasteiger charge is -1.96. The zero-order chi connectivity index (χ0) is 7.56. The molecule has 0 radical (unpaired) electrons. The fraction of sp³-hybridized carbons (Fsp3) is 0.400. The van der Waals surface area contributed by atoms with Crippen LogP contribution in [0.15, 0.2) is 11.1 Å². The van der Waals surface area contributed by atoms with Crippen LogP contribution in [0, 0.1) is 11.3 Å². The standard InChI is InChI=1S/C5H6N4O/c1-8-4-7-5(10)9(8)3-2-6/h4H,3H2,1H3. The lowest BCUT2D eigenvalue weighted by Crippen LogP contribution is -2.21. The van der Waals surface area contributed by atoms with Crippen LogP contribution >= 0.6 is 0 Å². The van der Waals surface area contributed by atoms with Gasteiger partial charge in [0.15, 0.2) is 0 Å². The topological polar surface area (TPSA) is 63.6 Å². The third-order valence-corrected chi connectivity index (χ3v) is 1.16. The highest BCUT2D eigenvalue weighted by atomic mass is 16.2. The van der Waals surface area contributed by atoms with Crippen LogP contribution in [0.3, 0.4) is 0 Å². The fourth-order valence-corrected chi connectivity index (χ4v) is 0.643. The smallest absolute Gasteiger partial charge is 0.272 e. The maximum atomic E-state index is 10.7. The van der Waals surface area contributed by atoms with Crippen molar-refractivity contribution < 1.29 is 0 Å². The van der Waals surface area contributed by atoms with Gasteiger partial charge in [0, 0.05) is 7.05 Å². The molecule has 0 aliphatic heterocycles. The van der Waals surface area contributed by atoms with Crippen LogP contribution in [-0.2, 0) is 13.6 Å². The maximum Gasteiger partial charge on any atom is 0.364 e. The third kappa shape index (κ3) is 0.910. The highest BCUT2D eigenvalue weighted by Gasteiger charge is 1.97. The van der Waals surface area contributed by atoms with Gasteiger partial charge in [-0.3, -0.25) is 4.68 Å². The molecule has 1 rings (SSSR count). The molecular weight excluding hydrogens is 132 g/mol. The number of aryl methyl sites for hydroxylation is 1. The number of rotatable bonds is 1. The molecule has 0 saturated carbocycles. The van der Waals surface area contributed by atoms with Gasteiger partial charge in [-0.05, 0) is 0 Å². The van der Waals surface area contributed by atoms with E-state index in [4.69, 9.17) is 5.26 Å². The van der Waals surface area contributed by atoms with E-state index in [0.29, 0.717) is 0 Å². The zero-order valence-corrected chi connectivity index (χ0v) is 5.48. The summed E-state index contributed by atoms with van der Waals surface area (Å²) in [5, 5.41) is 8.24. The van der Waals surface area contributed by atoms with Crippen molar-refractivity contribution in [3.05, 3.63) is 16.8 Å². The maximum absolute atomic E-state index is 10.7. The summed E-state index contributed by atoms with van der Waals surface area (Å²) in [6.07, 6.45) is 1.37. The summed E-state index contributed by atoms with van der Waals surface area (Å²) in [5.41, 5.74) is -0.385. The average Bonchev–Trinajstić information content (AvgIpc) is 2.20. The highest BCUT2D eigenvalue weighted by molar-refractivity contribution is 4.73. The van der Waals surface area contributed by atoms with Crippen LogP contribution < -0.4 is 5.69 Å². The molecule has 0 N–H and O–H groups in total. The first-order valence-electron chi connectivity index (χ1n) is 2.71. The minimum absolute atomic E-state index is 0.0509. The molecular formula is C5H6N4O. The van der Waals surface area contributed by atoms with E-state index in [9.17, 15) is 4.79 Å². The minimum atomic E-state index is -0.385. The molecule has 0 aliphatic rings. The first-order valence-corrected chi connectivity index (χ1v) is 2.71. The second-order valence-corrected chi connectivity index (χ2v) is 1.82. The van der Waals surface area contributed by atoms with Crippen LogP contribution in [0.25, 0.3) is 0 Å². The Balaban J connectivity index is 3.13. The van der Waals surface area contributed by atoms with Gasteiger partial charge < -0.3 is 0 Å². The summed E-state index contributed by atoms with van der Waals surface area (Å²) in [6.45, 7) is 0.0509. The highest BCUT2D eigenvalue weighted by Crippen LogP contribution is 1.75. The number of hydrogen-bond donors (Lipinski definition) is 0. The van der Waals surface area contributed by atoms with E-state index in [1.54, 1.807) is 7.05 Å². The monoisotopic (exact) mass is 138 g/mol. The lowest BCUT2D eigenvalue weighted by atomic mass is 10.7. The quantitative estimate of drug-likeness (QED) is 0.505. The predicted octanol–water partition coefficient (Wildman–Crippen LogP) is -0.895. The first kappa shape index (κ1) is 6.55. The van der Waals surface area contributed by atoms with Crippen LogP contribution in [0.1, 0.15) is 0 Å². The summed E-state index contributed by atoms with van der Waals surface area (Å²) in [5.74, 6) is 0. The molecule has 1 aromatic rings. The molecule has 0 unspecified atom stereocenters. The van der Waals surface area contributed by atoms with E-state index >= 15 is 0 Å². The van der Waals surface area contributed by atoms with Crippen molar-refractivity contribution in [1.82, 2.24) is 14.3 Å². The Morgan fingerprint density at radius 2 is 2.60 bits per heavy atom. The Hall–Kier alpha value is -1.57. The Morgan fingerprint density at radius 3 is 3.00 bits per heavy atom. The summed E-state index contributed by atoms with van der Waals surface area (Å²) in [7, 11) is 1.66. The van der Waals surface area contributed by atoms with E-state index in [1.807, 2.05) is 6.07 Å². The molecule has 0 bridgehead atoms. The van der Waals surface area contributed by atoms with Gasteiger partial charge >= 0.3 is 5.69 Å². The van der Waals surface area contributed by atoms with Crippen molar-refractivity contribution in [2.75, 3.05) is 0 Å². The molecule has 0 spiro atoms. The second kappa shape index (κ2) is 2.35. The minimum Gasteiger partial charge on any atom is -0.272 e. The lowest BCUT2D eigenvalue weighted by molar-refractivity contribution is 0.547.